The lowest BCUT2D eigenvalue weighted by atomic mass is 9.99. The van der Waals surface area contributed by atoms with Crippen molar-refractivity contribution in [3.8, 4) is 0 Å². The van der Waals surface area contributed by atoms with Gasteiger partial charge in [-0.15, -0.1) is 0 Å². The summed E-state index contributed by atoms with van der Waals surface area (Å²) in [4.78, 5) is 7.32. The predicted octanol–water partition coefficient (Wildman–Crippen LogP) is -0.0291. The molecule has 3 atom stereocenters. The van der Waals surface area contributed by atoms with Gasteiger partial charge in [0.15, 0.2) is 0 Å². The molecule has 3 nitrogen and oxygen atoms in total. The molecule has 2 fully saturated rings. The summed E-state index contributed by atoms with van der Waals surface area (Å²) in [6, 6.07) is 0. The Morgan fingerprint density at radius 3 is 3.00 bits per heavy atom. The van der Waals surface area contributed by atoms with Crippen LogP contribution in [0.5, 0.6) is 0 Å². The highest BCUT2D eigenvalue weighted by Crippen LogP contribution is 2.27. The fourth-order valence-electron chi connectivity index (χ4n) is 2.12. The molecule has 0 aromatic heterocycles. The van der Waals surface area contributed by atoms with Crippen LogP contribution in [-0.4, -0.2) is 30.6 Å². The number of hydrogen-bond donors (Lipinski definition) is 1. The zero-order chi connectivity index (χ0) is 6.97. The summed E-state index contributed by atoms with van der Waals surface area (Å²) in [5, 5.41) is 0. The second kappa shape index (κ2) is 2.49. The van der Waals surface area contributed by atoms with Crippen molar-refractivity contribution in [1.82, 2.24) is 4.90 Å². The third-order valence-electron chi connectivity index (χ3n) is 2.68. The largest absolute Gasteiger partial charge is 0.300 e. The van der Waals surface area contributed by atoms with E-state index in [0.717, 1.165) is 12.5 Å². The zero-order valence-electron chi connectivity index (χ0n) is 6.12. The molecule has 2 aliphatic rings. The molecule has 0 aliphatic carbocycles. The summed E-state index contributed by atoms with van der Waals surface area (Å²) >= 11 is 0. The van der Waals surface area contributed by atoms with Crippen molar-refractivity contribution in [2.75, 3.05) is 19.6 Å². The highest BCUT2D eigenvalue weighted by Gasteiger charge is 2.35. The second-order valence-corrected chi connectivity index (χ2v) is 3.34. The maximum atomic E-state index is 5.16. The number of nitrogens with zero attached hydrogens (tertiary/aromatic N) is 1. The fourth-order valence-corrected chi connectivity index (χ4v) is 2.12. The summed E-state index contributed by atoms with van der Waals surface area (Å²) in [6.07, 6.45) is 2.95. The van der Waals surface area contributed by atoms with Gasteiger partial charge in [-0.1, -0.05) is 0 Å². The van der Waals surface area contributed by atoms with Crippen LogP contribution < -0.4 is 5.90 Å². The van der Waals surface area contributed by atoms with Gasteiger partial charge >= 0.3 is 0 Å². The molecule has 2 aliphatic heterocycles. The first-order valence-corrected chi connectivity index (χ1v) is 3.98. The molecule has 2 bridgehead atoms. The standard InChI is InChI=1S/C7H14N2O/c8-10-7-5-9-3-1-2-6(7)4-9/h6-7H,1-5,8H2. The van der Waals surface area contributed by atoms with E-state index < -0.39 is 0 Å². The predicted molar refractivity (Wildman–Crippen MR) is 38.2 cm³/mol. The summed E-state index contributed by atoms with van der Waals surface area (Å²) in [5.41, 5.74) is 0. The van der Waals surface area contributed by atoms with Gasteiger partial charge in [0.05, 0.1) is 6.10 Å². The molecular formula is C7H14N2O. The Balaban J connectivity index is 2.01. The van der Waals surface area contributed by atoms with Gasteiger partial charge in [0.1, 0.15) is 0 Å². The molecular weight excluding hydrogens is 128 g/mol. The SMILES string of the molecule is NOC1CN2CCCC1C2. The number of hydrogen-bond acceptors (Lipinski definition) is 3. The van der Waals surface area contributed by atoms with Gasteiger partial charge < -0.3 is 4.90 Å². The van der Waals surface area contributed by atoms with Crippen LogP contribution in [0.15, 0.2) is 0 Å². The average Bonchev–Trinajstić information content (AvgIpc) is 2.26. The van der Waals surface area contributed by atoms with Crippen LogP contribution in [0.2, 0.25) is 0 Å². The Kier molecular flexibility index (Phi) is 1.64. The summed E-state index contributed by atoms with van der Waals surface area (Å²) in [7, 11) is 0. The quantitative estimate of drug-likeness (QED) is 0.522. The van der Waals surface area contributed by atoms with E-state index >= 15 is 0 Å². The van der Waals surface area contributed by atoms with Crippen LogP contribution in [0.3, 0.4) is 0 Å². The van der Waals surface area contributed by atoms with Gasteiger partial charge in [-0.3, -0.25) is 4.84 Å². The Morgan fingerprint density at radius 1 is 1.40 bits per heavy atom. The Bertz CT molecular complexity index is 129. The molecule has 0 aromatic rings. The first-order valence-electron chi connectivity index (χ1n) is 3.98. The van der Waals surface area contributed by atoms with Gasteiger partial charge in [0.25, 0.3) is 0 Å². The third-order valence-corrected chi connectivity index (χ3v) is 2.68. The summed E-state index contributed by atoms with van der Waals surface area (Å²) in [5.74, 6) is 5.88. The molecule has 2 saturated heterocycles. The molecule has 0 aromatic carbocycles. The average molecular weight is 142 g/mol. The second-order valence-electron chi connectivity index (χ2n) is 3.34. The minimum absolute atomic E-state index is 0.322. The summed E-state index contributed by atoms with van der Waals surface area (Å²) in [6.45, 7) is 3.51. The van der Waals surface area contributed by atoms with Crippen molar-refractivity contribution < 1.29 is 4.84 Å². The highest BCUT2D eigenvalue weighted by atomic mass is 16.6. The van der Waals surface area contributed by atoms with Gasteiger partial charge in [-0.25, -0.2) is 5.90 Å². The maximum Gasteiger partial charge on any atom is 0.0954 e. The fraction of sp³-hybridized carbons (Fsp3) is 1.00. The molecule has 2 N–H and O–H groups in total. The van der Waals surface area contributed by atoms with E-state index in [4.69, 9.17) is 10.7 Å². The number of piperidine rings is 1. The Hall–Kier alpha value is -0.120. The number of nitrogens with two attached hydrogens (primary N) is 1. The molecule has 0 saturated carbocycles. The maximum absolute atomic E-state index is 5.16. The van der Waals surface area contributed by atoms with Crippen molar-refractivity contribution in [3.63, 3.8) is 0 Å². The Labute approximate surface area is 61.1 Å². The molecule has 2 rings (SSSR count). The van der Waals surface area contributed by atoms with Gasteiger partial charge in [0.2, 0.25) is 0 Å². The zero-order valence-corrected chi connectivity index (χ0v) is 6.12. The van der Waals surface area contributed by atoms with E-state index in [1.54, 1.807) is 0 Å². The monoisotopic (exact) mass is 142 g/mol. The molecule has 10 heavy (non-hydrogen) atoms. The lowest BCUT2D eigenvalue weighted by Gasteiger charge is -2.21. The molecule has 0 spiro atoms. The minimum Gasteiger partial charge on any atom is -0.300 e. The van der Waals surface area contributed by atoms with Gasteiger partial charge in [-0.05, 0) is 19.4 Å². The normalized spacial score (nSPS) is 45.9. The van der Waals surface area contributed by atoms with Crippen molar-refractivity contribution >= 4 is 0 Å². The smallest absolute Gasteiger partial charge is 0.0954 e. The van der Waals surface area contributed by atoms with Crippen molar-refractivity contribution in [2.24, 2.45) is 11.8 Å². The lowest BCUT2D eigenvalue weighted by Crippen LogP contribution is -2.26. The van der Waals surface area contributed by atoms with Crippen LogP contribution >= 0.6 is 0 Å². The number of rotatable bonds is 1. The molecule has 58 valence electrons. The molecule has 3 heteroatoms. The van der Waals surface area contributed by atoms with Crippen LogP contribution in [0.4, 0.5) is 0 Å². The van der Waals surface area contributed by atoms with E-state index in [2.05, 4.69) is 4.90 Å². The van der Waals surface area contributed by atoms with Crippen molar-refractivity contribution in [3.05, 3.63) is 0 Å². The summed E-state index contributed by atoms with van der Waals surface area (Å²) < 4.78 is 0. The van der Waals surface area contributed by atoms with Crippen molar-refractivity contribution in [1.29, 1.82) is 0 Å². The van der Waals surface area contributed by atoms with Crippen LogP contribution in [0.1, 0.15) is 12.8 Å². The topological polar surface area (TPSA) is 38.5 Å². The minimum atomic E-state index is 0.322. The molecule has 3 unspecified atom stereocenters. The molecule has 2 heterocycles. The van der Waals surface area contributed by atoms with Gasteiger partial charge in [-0.2, -0.15) is 0 Å². The van der Waals surface area contributed by atoms with E-state index in [9.17, 15) is 0 Å². The van der Waals surface area contributed by atoms with Crippen molar-refractivity contribution in [2.45, 2.75) is 18.9 Å². The van der Waals surface area contributed by atoms with E-state index in [-0.39, 0.29) is 0 Å². The van der Waals surface area contributed by atoms with E-state index in [0.29, 0.717) is 6.10 Å². The third kappa shape index (κ3) is 0.944. The first-order chi connectivity index (χ1) is 4.90. The van der Waals surface area contributed by atoms with Gasteiger partial charge in [0, 0.05) is 19.0 Å². The van der Waals surface area contributed by atoms with E-state index in [1.165, 1.54) is 25.9 Å². The van der Waals surface area contributed by atoms with Crippen LogP contribution in [-0.2, 0) is 4.84 Å². The van der Waals surface area contributed by atoms with Crippen LogP contribution in [0, 0.1) is 5.92 Å². The highest BCUT2D eigenvalue weighted by molar-refractivity contribution is 4.88. The van der Waals surface area contributed by atoms with Crippen LogP contribution in [0.25, 0.3) is 0 Å². The lowest BCUT2D eigenvalue weighted by molar-refractivity contribution is 0.0357. The van der Waals surface area contributed by atoms with E-state index in [1.807, 2.05) is 0 Å². The molecule has 0 radical (unpaired) electrons. The number of fused-ring (bicyclic) bond motifs is 2. The first kappa shape index (κ1) is 6.58. The molecule has 0 amide bonds. The Morgan fingerprint density at radius 2 is 2.30 bits per heavy atom.